The molecule has 0 amide bonds. The summed E-state index contributed by atoms with van der Waals surface area (Å²) >= 11 is 0. The van der Waals surface area contributed by atoms with Gasteiger partial charge in [0, 0.05) is 51.4 Å². The Morgan fingerprint density at radius 1 is 1.17 bits per heavy atom. The minimum atomic E-state index is -0.406. The molecule has 0 aliphatic carbocycles. The summed E-state index contributed by atoms with van der Waals surface area (Å²) in [4.78, 5) is 11.2. The molecule has 166 valence electrons. The van der Waals surface area contributed by atoms with E-state index in [1.165, 1.54) is 12.1 Å². The highest BCUT2D eigenvalue weighted by Crippen LogP contribution is 2.21. The van der Waals surface area contributed by atoms with Crippen molar-refractivity contribution in [1.82, 2.24) is 15.1 Å². The van der Waals surface area contributed by atoms with Crippen molar-refractivity contribution in [3.8, 4) is 0 Å². The van der Waals surface area contributed by atoms with Crippen LogP contribution in [0.2, 0.25) is 0 Å². The number of unbranched alkanes of at least 4 members (excludes halogenated alkanes) is 1. The monoisotopic (exact) mass is 523 g/mol. The number of halogens is 3. The number of benzene rings is 1. The van der Waals surface area contributed by atoms with E-state index in [4.69, 9.17) is 4.99 Å². The lowest BCUT2D eigenvalue weighted by atomic mass is 10.2. The number of guanidine groups is 1. The standard InChI is InChI=1S/C21H35F2N5.HI/c1-5-24-21(25-10-6-7-11-26(4)17(2)3)28-14-12-27(13-15-28)20-16-18(22)8-9-19(20)23;/h8-9,16-17H,5-7,10-15H2,1-4H3,(H,24,25);1H. The van der Waals surface area contributed by atoms with Crippen LogP contribution in [-0.4, -0.2) is 74.7 Å². The molecule has 0 atom stereocenters. The Kier molecular flexibility index (Phi) is 11.8. The maximum atomic E-state index is 14.0. The van der Waals surface area contributed by atoms with Gasteiger partial charge in [0.2, 0.25) is 0 Å². The van der Waals surface area contributed by atoms with Gasteiger partial charge in [0.25, 0.3) is 0 Å². The zero-order chi connectivity index (χ0) is 20.5. The minimum Gasteiger partial charge on any atom is -0.366 e. The van der Waals surface area contributed by atoms with Crippen LogP contribution in [0, 0.1) is 11.6 Å². The van der Waals surface area contributed by atoms with Crippen molar-refractivity contribution in [2.24, 2.45) is 4.99 Å². The van der Waals surface area contributed by atoms with E-state index in [-0.39, 0.29) is 29.8 Å². The van der Waals surface area contributed by atoms with Gasteiger partial charge in [-0.3, -0.25) is 4.99 Å². The quantitative estimate of drug-likeness (QED) is 0.244. The molecule has 0 bridgehead atoms. The van der Waals surface area contributed by atoms with Gasteiger partial charge in [-0.15, -0.1) is 24.0 Å². The second-order valence-corrected chi connectivity index (χ2v) is 7.59. The molecule has 1 fully saturated rings. The summed E-state index contributed by atoms with van der Waals surface area (Å²) in [5, 5.41) is 3.36. The van der Waals surface area contributed by atoms with E-state index < -0.39 is 5.82 Å². The number of aliphatic imine (C=N–C) groups is 1. The Balaban J connectivity index is 0.00000420. The van der Waals surface area contributed by atoms with E-state index in [0.717, 1.165) is 57.6 Å². The van der Waals surface area contributed by atoms with Crippen LogP contribution in [0.5, 0.6) is 0 Å². The summed E-state index contributed by atoms with van der Waals surface area (Å²) in [5.74, 6) is 0.137. The fourth-order valence-electron chi connectivity index (χ4n) is 3.23. The molecule has 1 N–H and O–H groups in total. The molecule has 0 radical (unpaired) electrons. The SMILES string of the molecule is CCNC(=NCCCCN(C)C(C)C)N1CCN(c2cc(F)ccc2F)CC1.I. The summed E-state index contributed by atoms with van der Waals surface area (Å²) in [5.41, 5.74) is 0.343. The van der Waals surface area contributed by atoms with E-state index in [9.17, 15) is 8.78 Å². The number of piperazine rings is 1. The van der Waals surface area contributed by atoms with Crippen molar-refractivity contribution in [3.63, 3.8) is 0 Å². The molecular weight excluding hydrogens is 487 g/mol. The van der Waals surface area contributed by atoms with Crippen LogP contribution in [0.3, 0.4) is 0 Å². The lowest BCUT2D eigenvalue weighted by molar-refractivity contribution is 0.269. The fourth-order valence-corrected chi connectivity index (χ4v) is 3.23. The lowest BCUT2D eigenvalue weighted by Gasteiger charge is -2.37. The van der Waals surface area contributed by atoms with Gasteiger partial charge in [0.1, 0.15) is 11.6 Å². The first-order valence-corrected chi connectivity index (χ1v) is 10.4. The first kappa shape index (κ1) is 25.9. The largest absolute Gasteiger partial charge is 0.366 e. The Morgan fingerprint density at radius 3 is 2.48 bits per heavy atom. The molecule has 8 heteroatoms. The summed E-state index contributed by atoms with van der Waals surface area (Å²) in [7, 11) is 2.15. The lowest BCUT2D eigenvalue weighted by Crippen LogP contribution is -2.52. The Bertz CT molecular complexity index is 633. The molecule has 1 aromatic carbocycles. The minimum absolute atomic E-state index is 0. The predicted octanol–water partition coefficient (Wildman–Crippen LogP) is 3.79. The molecule has 1 heterocycles. The van der Waals surface area contributed by atoms with Gasteiger partial charge >= 0.3 is 0 Å². The van der Waals surface area contributed by atoms with Gasteiger partial charge in [-0.2, -0.15) is 0 Å². The van der Waals surface area contributed by atoms with Crippen molar-refractivity contribution in [2.45, 2.75) is 39.7 Å². The van der Waals surface area contributed by atoms with Gasteiger partial charge in [0.05, 0.1) is 5.69 Å². The summed E-state index contributed by atoms with van der Waals surface area (Å²) in [6.45, 7) is 11.9. The first-order valence-electron chi connectivity index (χ1n) is 10.4. The normalized spacial score (nSPS) is 15.1. The number of hydrogen-bond acceptors (Lipinski definition) is 3. The smallest absolute Gasteiger partial charge is 0.194 e. The van der Waals surface area contributed by atoms with E-state index in [1.807, 2.05) is 4.90 Å². The van der Waals surface area contributed by atoms with Gasteiger partial charge < -0.3 is 20.0 Å². The Morgan fingerprint density at radius 2 is 1.86 bits per heavy atom. The molecule has 2 rings (SSSR count). The van der Waals surface area contributed by atoms with Crippen molar-refractivity contribution < 1.29 is 8.78 Å². The van der Waals surface area contributed by atoms with Crippen LogP contribution in [0.15, 0.2) is 23.2 Å². The van der Waals surface area contributed by atoms with Crippen molar-refractivity contribution in [2.75, 3.05) is 57.8 Å². The number of hydrogen-bond donors (Lipinski definition) is 1. The second-order valence-electron chi connectivity index (χ2n) is 7.59. The van der Waals surface area contributed by atoms with E-state index in [1.54, 1.807) is 0 Å². The van der Waals surface area contributed by atoms with Crippen LogP contribution >= 0.6 is 24.0 Å². The predicted molar refractivity (Wildman–Crippen MR) is 129 cm³/mol. The molecular formula is C21H36F2IN5. The highest BCUT2D eigenvalue weighted by molar-refractivity contribution is 14.0. The fraction of sp³-hybridized carbons (Fsp3) is 0.667. The molecule has 29 heavy (non-hydrogen) atoms. The topological polar surface area (TPSA) is 34.1 Å². The van der Waals surface area contributed by atoms with E-state index in [2.05, 4.69) is 42.9 Å². The molecule has 5 nitrogen and oxygen atoms in total. The van der Waals surface area contributed by atoms with Crippen LogP contribution in [-0.2, 0) is 0 Å². The Labute approximate surface area is 191 Å². The van der Waals surface area contributed by atoms with Crippen molar-refractivity contribution in [3.05, 3.63) is 29.8 Å². The highest BCUT2D eigenvalue weighted by Gasteiger charge is 2.22. The molecule has 0 unspecified atom stereocenters. The zero-order valence-electron chi connectivity index (χ0n) is 18.1. The summed E-state index contributed by atoms with van der Waals surface area (Å²) in [6, 6.07) is 4.20. The second kappa shape index (κ2) is 13.2. The average molecular weight is 523 g/mol. The van der Waals surface area contributed by atoms with Crippen molar-refractivity contribution in [1.29, 1.82) is 0 Å². The van der Waals surface area contributed by atoms with E-state index >= 15 is 0 Å². The first-order chi connectivity index (χ1) is 13.4. The molecule has 1 aromatic rings. The summed E-state index contributed by atoms with van der Waals surface area (Å²) < 4.78 is 27.5. The summed E-state index contributed by atoms with van der Waals surface area (Å²) in [6.07, 6.45) is 2.19. The number of nitrogens with zero attached hydrogens (tertiary/aromatic N) is 4. The zero-order valence-corrected chi connectivity index (χ0v) is 20.5. The van der Waals surface area contributed by atoms with Gasteiger partial charge in [-0.05, 0) is 59.3 Å². The highest BCUT2D eigenvalue weighted by atomic mass is 127. The number of nitrogens with one attached hydrogen (secondary N) is 1. The third kappa shape index (κ3) is 8.24. The third-order valence-corrected chi connectivity index (χ3v) is 5.23. The molecule has 1 aliphatic rings. The molecule has 1 saturated heterocycles. The van der Waals surface area contributed by atoms with Gasteiger partial charge in [0.15, 0.2) is 5.96 Å². The average Bonchev–Trinajstić information content (AvgIpc) is 2.68. The van der Waals surface area contributed by atoms with Gasteiger partial charge in [-0.25, -0.2) is 8.78 Å². The van der Waals surface area contributed by atoms with E-state index in [0.29, 0.717) is 24.8 Å². The molecule has 0 spiro atoms. The number of rotatable bonds is 8. The van der Waals surface area contributed by atoms with Crippen LogP contribution in [0.4, 0.5) is 14.5 Å². The maximum absolute atomic E-state index is 14.0. The van der Waals surface area contributed by atoms with Crippen molar-refractivity contribution >= 4 is 35.6 Å². The maximum Gasteiger partial charge on any atom is 0.194 e. The van der Waals surface area contributed by atoms with Crippen LogP contribution in [0.1, 0.15) is 33.6 Å². The number of anilines is 1. The molecule has 0 aromatic heterocycles. The molecule has 0 saturated carbocycles. The van der Waals surface area contributed by atoms with Gasteiger partial charge in [-0.1, -0.05) is 0 Å². The Hall–Kier alpha value is -1.16. The molecule has 1 aliphatic heterocycles. The third-order valence-electron chi connectivity index (χ3n) is 5.23. The van der Waals surface area contributed by atoms with Crippen LogP contribution in [0.25, 0.3) is 0 Å². The van der Waals surface area contributed by atoms with Crippen LogP contribution < -0.4 is 10.2 Å².